The fourth-order valence-corrected chi connectivity index (χ4v) is 1.55. The van der Waals surface area contributed by atoms with Crippen LogP contribution in [0.15, 0.2) is 24.3 Å². The van der Waals surface area contributed by atoms with Crippen molar-refractivity contribution >= 4 is 27.8 Å². The van der Waals surface area contributed by atoms with Crippen LogP contribution in [0, 0.1) is 0 Å². The molecular weight excluding hydrogens is 274 g/mol. The number of alkyl halides is 1. The zero-order valence-corrected chi connectivity index (χ0v) is 10.2. The summed E-state index contributed by atoms with van der Waals surface area (Å²) in [6, 6.07) is 6.51. The molecule has 2 N–H and O–H groups in total. The minimum Gasteiger partial charge on any atom is -0.478 e. The van der Waals surface area contributed by atoms with E-state index in [2.05, 4.69) is 21.2 Å². The van der Waals surface area contributed by atoms with Crippen LogP contribution in [0.25, 0.3) is 0 Å². The third-order valence-electron chi connectivity index (χ3n) is 1.99. The Bertz CT molecular complexity index is 393. The smallest absolute Gasteiger partial charge is 0.335 e. The van der Waals surface area contributed by atoms with E-state index in [-0.39, 0.29) is 11.5 Å². The summed E-state index contributed by atoms with van der Waals surface area (Å²) in [6.45, 7) is 0.354. The molecule has 4 nitrogen and oxygen atoms in total. The van der Waals surface area contributed by atoms with Gasteiger partial charge in [-0.05, 0) is 17.7 Å². The van der Waals surface area contributed by atoms with Gasteiger partial charge in [-0.25, -0.2) is 4.79 Å². The largest absolute Gasteiger partial charge is 0.478 e. The Morgan fingerprint density at radius 2 is 2.12 bits per heavy atom. The Balaban J connectivity index is 2.57. The molecule has 1 aromatic rings. The van der Waals surface area contributed by atoms with Gasteiger partial charge in [-0.3, -0.25) is 4.79 Å². The fraction of sp³-hybridized carbons (Fsp3) is 0.273. The molecule has 0 saturated heterocycles. The number of carboxylic acid groups (broad SMARTS) is 1. The Kier molecular flexibility index (Phi) is 4.98. The average Bonchev–Trinajstić information content (AvgIpc) is 2.27. The summed E-state index contributed by atoms with van der Waals surface area (Å²) in [4.78, 5) is 21.9. The molecule has 0 fully saturated rings. The molecule has 0 aromatic heterocycles. The predicted octanol–water partition coefficient (Wildman–Crippen LogP) is 1.79. The molecule has 1 rings (SSSR count). The van der Waals surface area contributed by atoms with Crippen molar-refractivity contribution < 1.29 is 14.7 Å². The number of carbonyl (C=O) groups excluding carboxylic acids is 1. The quantitative estimate of drug-likeness (QED) is 0.811. The molecule has 0 saturated carbocycles. The second kappa shape index (κ2) is 6.27. The molecule has 16 heavy (non-hydrogen) atoms. The number of carbonyl (C=O) groups is 2. The van der Waals surface area contributed by atoms with Crippen LogP contribution in [0.4, 0.5) is 0 Å². The Morgan fingerprint density at radius 1 is 1.38 bits per heavy atom. The Hall–Kier alpha value is -1.36. The highest BCUT2D eigenvalue weighted by Gasteiger charge is 2.04. The van der Waals surface area contributed by atoms with Gasteiger partial charge >= 0.3 is 5.97 Å². The van der Waals surface area contributed by atoms with Crippen molar-refractivity contribution in [2.24, 2.45) is 0 Å². The molecule has 0 bridgehead atoms. The van der Waals surface area contributed by atoms with Crippen molar-refractivity contribution in [3.63, 3.8) is 0 Å². The van der Waals surface area contributed by atoms with Gasteiger partial charge in [0.25, 0.3) is 0 Å². The van der Waals surface area contributed by atoms with Gasteiger partial charge in [-0.15, -0.1) is 0 Å². The number of amides is 1. The summed E-state index contributed by atoms with van der Waals surface area (Å²) < 4.78 is 0. The van der Waals surface area contributed by atoms with E-state index in [4.69, 9.17) is 5.11 Å². The van der Waals surface area contributed by atoms with E-state index in [0.717, 1.165) is 5.56 Å². The van der Waals surface area contributed by atoms with E-state index in [1.54, 1.807) is 18.2 Å². The molecule has 5 heteroatoms. The zero-order valence-electron chi connectivity index (χ0n) is 8.57. The van der Waals surface area contributed by atoms with Crippen LogP contribution in [0.1, 0.15) is 22.3 Å². The molecule has 0 aliphatic rings. The first-order valence-electron chi connectivity index (χ1n) is 4.78. The van der Waals surface area contributed by atoms with E-state index < -0.39 is 5.97 Å². The van der Waals surface area contributed by atoms with Crippen molar-refractivity contribution in [1.29, 1.82) is 0 Å². The predicted molar refractivity (Wildman–Crippen MR) is 63.7 cm³/mol. The molecule has 0 atom stereocenters. The first-order chi connectivity index (χ1) is 7.63. The van der Waals surface area contributed by atoms with Crippen molar-refractivity contribution in [2.75, 3.05) is 5.33 Å². The van der Waals surface area contributed by atoms with E-state index in [1.807, 2.05) is 0 Å². The van der Waals surface area contributed by atoms with Gasteiger partial charge in [0.05, 0.1) is 5.56 Å². The summed E-state index contributed by atoms with van der Waals surface area (Å²) in [7, 11) is 0. The van der Waals surface area contributed by atoms with Gasteiger partial charge < -0.3 is 10.4 Å². The molecule has 86 valence electrons. The molecule has 1 aromatic carbocycles. The fourth-order valence-electron chi connectivity index (χ4n) is 1.19. The SMILES string of the molecule is O=C(CCBr)NCc1cccc(C(=O)O)c1. The molecule has 0 heterocycles. The van der Waals surface area contributed by atoms with Gasteiger partial charge in [0, 0.05) is 18.3 Å². The first kappa shape index (κ1) is 12.7. The van der Waals surface area contributed by atoms with Crippen molar-refractivity contribution in [3.05, 3.63) is 35.4 Å². The Labute approximate surface area is 102 Å². The second-order valence-corrected chi connectivity index (χ2v) is 4.01. The van der Waals surface area contributed by atoms with E-state index in [1.165, 1.54) is 6.07 Å². The van der Waals surface area contributed by atoms with Gasteiger partial charge in [-0.2, -0.15) is 0 Å². The van der Waals surface area contributed by atoms with Crippen LogP contribution in [0.3, 0.4) is 0 Å². The Morgan fingerprint density at radius 3 is 2.75 bits per heavy atom. The molecule has 0 aliphatic heterocycles. The van der Waals surface area contributed by atoms with Gasteiger partial charge in [0.15, 0.2) is 0 Å². The number of carboxylic acids is 1. The maximum atomic E-state index is 11.2. The molecule has 0 unspecified atom stereocenters. The lowest BCUT2D eigenvalue weighted by Crippen LogP contribution is -2.22. The van der Waals surface area contributed by atoms with Crippen molar-refractivity contribution in [3.8, 4) is 0 Å². The van der Waals surface area contributed by atoms with Crippen molar-refractivity contribution in [1.82, 2.24) is 5.32 Å². The average molecular weight is 286 g/mol. The number of hydrogen-bond acceptors (Lipinski definition) is 2. The van der Waals surface area contributed by atoms with Crippen LogP contribution < -0.4 is 5.32 Å². The lowest BCUT2D eigenvalue weighted by atomic mass is 10.1. The first-order valence-corrected chi connectivity index (χ1v) is 5.90. The third-order valence-corrected chi connectivity index (χ3v) is 2.38. The number of nitrogens with one attached hydrogen (secondary N) is 1. The lowest BCUT2D eigenvalue weighted by Gasteiger charge is -2.04. The van der Waals surface area contributed by atoms with Gasteiger partial charge in [0.2, 0.25) is 5.91 Å². The summed E-state index contributed by atoms with van der Waals surface area (Å²) in [5.74, 6) is -1.02. The van der Waals surface area contributed by atoms with Gasteiger partial charge in [0.1, 0.15) is 0 Å². The molecule has 0 radical (unpaired) electrons. The number of benzene rings is 1. The lowest BCUT2D eigenvalue weighted by molar-refractivity contribution is -0.120. The topological polar surface area (TPSA) is 66.4 Å². The molecular formula is C11H12BrNO3. The number of halogens is 1. The third kappa shape index (κ3) is 4.02. The van der Waals surface area contributed by atoms with E-state index >= 15 is 0 Å². The standard InChI is InChI=1S/C11H12BrNO3/c12-5-4-10(14)13-7-8-2-1-3-9(6-8)11(15)16/h1-3,6H,4-5,7H2,(H,13,14)(H,15,16). The van der Waals surface area contributed by atoms with Crippen LogP contribution in [-0.2, 0) is 11.3 Å². The monoisotopic (exact) mass is 285 g/mol. The summed E-state index contributed by atoms with van der Waals surface area (Å²) >= 11 is 3.17. The second-order valence-electron chi connectivity index (χ2n) is 3.22. The molecule has 0 spiro atoms. The van der Waals surface area contributed by atoms with E-state index in [9.17, 15) is 9.59 Å². The number of hydrogen-bond donors (Lipinski definition) is 2. The van der Waals surface area contributed by atoms with Crippen LogP contribution >= 0.6 is 15.9 Å². The number of rotatable bonds is 5. The maximum absolute atomic E-state index is 11.2. The van der Waals surface area contributed by atoms with Crippen LogP contribution in [-0.4, -0.2) is 22.3 Å². The van der Waals surface area contributed by atoms with Crippen LogP contribution in [0.2, 0.25) is 0 Å². The van der Waals surface area contributed by atoms with E-state index in [0.29, 0.717) is 18.3 Å². The van der Waals surface area contributed by atoms with Crippen LogP contribution in [0.5, 0.6) is 0 Å². The number of aromatic carboxylic acids is 1. The highest BCUT2D eigenvalue weighted by atomic mass is 79.9. The van der Waals surface area contributed by atoms with Crippen molar-refractivity contribution in [2.45, 2.75) is 13.0 Å². The zero-order chi connectivity index (χ0) is 12.0. The summed E-state index contributed by atoms with van der Waals surface area (Å²) in [6.07, 6.45) is 0.415. The summed E-state index contributed by atoms with van der Waals surface area (Å²) in [5, 5.41) is 12.1. The molecule has 1 amide bonds. The minimum absolute atomic E-state index is 0.0578. The minimum atomic E-state index is -0.964. The normalized spacial score (nSPS) is 9.81. The van der Waals surface area contributed by atoms with Gasteiger partial charge in [-0.1, -0.05) is 28.1 Å². The molecule has 0 aliphatic carbocycles. The maximum Gasteiger partial charge on any atom is 0.335 e. The summed E-state index contributed by atoms with van der Waals surface area (Å²) in [5.41, 5.74) is 1.01. The highest BCUT2D eigenvalue weighted by molar-refractivity contribution is 9.09. The highest BCUT2D eigenvalue weighted by Crippen LogP contribution is 2.05.